The quantitative estimate of drug-likeness (QED) is 0.712. The lowest BCUT2D eigenvalue weighted by Gasteiger charge is -2.38. The minimum absolute atomic E-state index is 0.0717. The molecule has 3 unspecified atom stereocenters. The van der Waals surface area contributed by atoms with E-state index < -0.39 is 0 Å². The Morgan fingerprint density at radius 1 is 1.42 bits per heavy atom. The van der Waals surface area contributed by atoms with Gasteiger partial charge in [0.1, 0.15) is 0 Å². The highest BCUT2D eigenvalue weighted by atomic mass is 16.5. The number of nitrogens with one attached hydrogen (secondary N) is 2. The van der Waals surface area contributed by atoms with Gasteiger partial charge in [-0.2, -0.15) is 0 Å². The lowest BCUT2D eigenvalue weighted by atomic mass is 9.96. The molecule has 1 aliphatic rings. The number of hydrogen-bond acceptors (Lipinski definition) is 4. The van der Waals surface area contributed by atoms with Crippen LogP contribution in [0.2, 0.25) is 0 Å². The van der Waals surface area contributed by atoms with Crippen molar-refractivity contribution < 1.29 is 9.53 Å². The zero-order chi connectivity index (χ0) is 14.3. The summed E-state index contributed by atoms with van der Waals surface area (Å²) in [5.74, 6) is 0.0970. The van der Waals surface area contributed by atoms with E-state index in [4.69, 9.17) is 4.74 Å². The maximum atomic E-state index is 12.0. The summed E-state index contributed by atoms with van der Waals surface area (Å²) in [5, 5.41) is 6.29. The van der Waals surface area contributed by atoms with E-state index in [1.165, 1.54) is 19.3 Å². The summed E-state index contributed by atoms with van der Waals surface area (Å²) in [6.07, 6.45) is 3.62. The van der Waals surface area contributed by atoms with Crippen molar-refractivity contribution in [1.82, 2.24) is 15.5 Å². The summed E-state index contributed by atoms with van der Waals surface area (Å²) in [5.41, 5.74) is 0. The van der Waals surface area contributed by atoms with Crippen LogP contribution in [0.5, 0.6) is 0 Å². The lowest BCUT2D eigenvalue weighted by Crippen LogP contribution is -2.53. The second-order valence-electron chi connectivity index (χ2n) is 5.53. The van der Waals surface area contributed by atoms with Crippen LogP contribution in [0.4, 0.5) is 0 Å². The van der Waals surface area contributed by atoms with Gasteiger partial charge in [0, 0.05) is 25.2 Å². The number of methoxy groups -OCH3 is 1. The highest BCUT2D eigenvalue weighted by molar-refractivity contribution is 5.78. The van der Waals surface area contributed by atoms with Gasteiger partial charge >= 0.3 is 0 Å². The molecule has 0 aromatic heterocycles. The summed E-state index contributed by atoms with van der Waals surface area (Å²) in [4.78, 5) is 14.3. The van der Waals surface area contributed by atoms with Crippen molar-refractivity contribution in [3.05, 3.63) is 0 Å². The van der Waals surface area contributed by atoms with Crippen LogP contribution in [-0.4, -0.2) is 62.8 Å². The molecule has 0 aliphatic carbocycles. The second kappa shape index (κ2) is 8.51. The topological polar surface area (TPSA) is 53.6 Å². The Kier molecular flexibility index (Phi) is 7.34. The van der Waals surface area contributed by atoms with Crippen molar-refractivity contribution in [3.8, 4) is 0 Å². The zero-order valence-electron chi connectivity index (χ0n) is 12.7. The van der Waals surface area contributed by atoms with Crippen LogP contribution in [0.25, 0.3) is 0 Å². The number of nitrogens with zero attached hydrogens (tertiary/aromatic N) is 1. The summed E-state index contributed by atoms with van der Waals surface area (Å²) in [6, 6.07) is 0.953. The van der Waals surface area contributed by atoms with Crippen LogP contribution in [-0.2, 0) is 9.53 Å². The number of likely N-dealkylation sites (tertiary alicyclic amines) is 1. The van der Waals surface area contributed by atoms with Crippen LogP contribution >= 0.6 is 0 Å². The SMILES string of the molecule is CNC(C)C1CCCCN1CC(=O)NC(C)COC. The van der Waals surface area contributed by atoms with Gasteiger partial charge in [0.2, 0.25) is 5.91 Å². The Morgan fingerprint density at radius 2 is 2.16 bits per heavy atom. The molecule has 0 aromatic carbocycles. The molecule has 19 heavy (non-hydrogen) atoms. The van der Waals surface area contributed by atoms with E-state index in [-0.39, 0.29) is 11.9 Å². The molecular formula is C14H29N3O2. The molecule has 0 spiro atoms. The molecule has 0 aromatic rings. The molecule has 3 atom stereocenters. The fourth-order valence-electron chi connectivity index (χ4n) is 2.77. The van der Waals surface area contributed by atoms with E-state index in [1.54, 1.807) is 7.11 Å². The highest BCUT2D eigenvalue weighted by Crippen LogP contribution is 2.19. The van der Waals surface area contributed by atoms with E-state index in [0.29, 0.717) is 25.2 Å². The largest absolute Gasteiger partial charge is 0.383 e. The Morgan fingerprint density at radius 3 is 2.79 bits per heavy atom. The predicted octanol–water partition coefficient (Wildman–Crippen LogP) is 0.600. The van der Waals surface area contributed by atoms with E-state index in [9.17, 15) is 4.79 Å². The number of rotatable bonds is 7. The van der Waals surface area contributed by atoms with Crippen molar-refractivity contribution in [3.63, 3.8) is 0 Å². The first-order valence-electron chi connectivity index (χ1n) is 7.28. The van der Waals surface area contributed by atoms with E-state index in [1.807, 2.05) is 14.0 Å². The molecule has 1 aliphatic heterocycles. The van der Waals surface area contributed by atoms with E-state index in [2.05, 4.69) is 22.5 Å². The van der Waals surface area contributed by atoms with Crippen LogP contribution in [0.1, 0.15) is 33.1 Å². The van der Waals surface area contributed by atoms with E-state index >= 15 is 0 Å². The van der Waals surface area contributed by atoms with Gasteiger partial charge in [-0.15, -0.1) is 0 Å². The standard InChI is InChI=1S/C14H29N3O2/c1-11(10-19-4)16-14(18)9-17-8-6-5-7-13(17)12(2)15-3/h11-13,15H,5-10H2,1-4H3,(H,16,18). The lowest BCUT2D eigenvalue weighted by molar-refractivity contribution is -0.124. The zero-order valence-corrected chi connectivity index (χ0v) is 12.7. The maximum Gasteiger partial charge on any atom is 0.234 e. The molecule has 5 nitrogen and oxygen atoms in total. The fourth-order valence-corrected chi connectivity index (χ4v) is 2.77. The highest BCUT2D eigenvalue weighted by Gasteiger charge is 2.28. The molecule has 1 heterocycles. The van der Waals surface area contributed by atoms with Gasteiger partial charge in [-0.1, -0.05) is 6.42 Å². The number of amides is 1. The smallest absolute Gasteiger partial charge is 0.234 e. The summed E-state index contributed by atoms with van der Waals surface area (Å²) < 4.78 is 5.03. The third-order valence-corrected chi connectivity index (χ3v) is 3.87. The number of hydrogen-bond donors (Lipinski definition) is 2. The first-order valence-corrected chi connectivity index (χ1v) is 7.28. The molecular weight excluding hydrogens is 242 g/mol. The Bertz CT molecular complexity index is 273. The van der Waals surface area contributed by atoms with Gasteiger partial charge in [0.25, 0.3) is 0 Å². The molecule has 1 rings (SSSR count). The number of piperidine rings is 1. The molecule has 1 amide bonds. The van der Waals surface area contributed by atoms with Crippen LogP contribution in [0, 0.1) is 0 Å². The fraction of sp³-hybridized carbons (Fsp3) is 0.929. The minimum Gasteiger partial charge on any atom is -0.383 e. The summed E-state index contributed by atoms with van der Waals surface area (Å²) in [7, 11) is 3.64. The van der Waals surface area contributed by atoms with Gasteiger partial charge in [-0.3, -0.25) is 9.69 Å². The number of carbonyl (C=O) groups is 1. The van der Waals surface area contributed by atoms with Crippen LogP contribution in [0.3, 0.4) is 0 Å². The average Bonchev–Trinajstić information content (AvgIpc) is 2.38. The first kappa shape index (κ1) is 16.4. The molecule has 0 saturated carbocycles. The number of ether oxygens (including phenoxy) is 1. The molecule has 5 heteroatoms. The third-order valence-electron chi connectivity index (χ3n) is 3.87. The van der Waals surface area contributed by atoms with Gasteiger partial charge in [-0.05, 0) is 40.3 Å². The molecule has 0 radical (unpaired) electrons. The average molecular weight is 271 g/mol. The third kappa shape index (κ3) is 5.47. The van der Waals surface area contributed by atoms with Crippen molar-refractivity contribution in [2.75, 3.05) is 33.9 Å². The molecule has 1 fully saturated rings. The molecule has 112 valence electrons. The monoisotopic (exact) mass is 271 g/mol. The Labute approximate surface area is 117 Å². The normalized spacial score (nSPS) is 23.9. The second-order valence-corrected chi connectivity index (χ2v) is 5.53. The van der Waals surface area contributed by atoms with E-state index in [0.717, 1.165) is 6.54 Å². The summed E-state index contributed by atoms with van der Waals surface area (Å²) in [6.45, 7) is 6.22. The minimum atomic E-state index is 0.0717. The number of carbonyl (C=O) groups excluding carboxylic acids is 1. The number of likely N-dealkylation sites (N-methyl/N-ethyl adjacent to an activating group) is 1. The predicted molar refractivity (Wildman–Crippen MR) is 77.2 cm³/mol. The molecule has 0 bridgehead atoms. The van der Waals surface area contributed by atoms with Crippen LogP contribution < -0.4 is 10.6 Å². The van der Waals surface area contributed by atoms with Crippen molar-refractivity contribution in [1.29, 1.82) is 0 Å². The maximum absolute atomic E-state index is 12.0. The van der Waals surface area contributed by atoms with Crippen molar-refractivity contribution in [2.24, 2.45) is 0 Å². The summed E-state index contributed by atoms with van der Waals surface area (Å²) >= 11 is 0. The van der Waals surface area contributed by atoms with Gasteiger partial charge in [0.15, 0.2) is 0 Å². The van der Waals surface area contributed by atoms with Crippen molar-refractivity contribution >= 4 is 5.91 Å². The van der Waals surface area contributed by atoms with Gasteiger partial charge in [-0.25, -0.2) is 0 Å². The van der Waals surface area contributed by atoms with Gasteiger partial charge in [0.05, 0.1) is 13.2 Å². The Hall–Kier alpha value is -0.650. The first-order chi connectivity index (χ1) is 9.08. The molecule has 1 saturated heterocycles. The Balaban J connectivity index is 2.45. The van der Waals surface area contributed by atoms with Crippen LogP contribution in [0.15, 0.2) is 0 Å². The molecule has 2 N–H and O–H groups in total. The van der Waals surface area contributed by atoms with Gasteiger partial charge < -0.3 is 15.4 Å². The van der Waals surface area contributed by atoms with Crippen molar-refractivity contribution in [2.45, 2.75) is 51.2 Å².